The highest BCUT2D eigenvalue weighted by molar-refractivity contribution is 5.97. The summed E-state index contributed by atoms with van der Waals surface area (Å²) < 4.78 is 11.4. The van der Waals surface area contributed by atoms with E-state index in [0.717, 1.165) is 83.5 Å². The quantitative estimate of drug-likeness (QED) is 0.00570. The lowest BCUT2D eigenvalue weighted by Crippen LogP contribution is -2.56. The van der Waals surface area contributed by atoms with Crippen molar-refractivity contribution < 1.29 is 78.7 Å². The van der Waals surface area contributed by atoms with Crippen LogP contribution in [-0.4, -0.2) is 127 Å². The van der Waals surface area contributed by atoms with E-state index in [1.807, 2.05) is 292 Å². The van der Waals surface area contributed by atoms with Crippen LogP contribution < -0.4 is 48.6 Å². The third kappa shape index (κ3) is 31.5. The number of benzene rings is 9. The van der Waals surface area contributed by atoms with Crippen LogP contribution in [0, 0.1) is 82.8 Å². The number of rotatable bonds is 36. The van der Waals surface area contributed by atoms with Gasteiger partial charge >= 0.3 is 5.97 Å². The van der Waals surface area contributed by atoms with Gasteiger partial charge in [-0.2, -0.15) is 10.5 Å². The first-order valence-corrected chi connectivity index (χ1v) is 45.6. The number of aliphatic hydroxyl groups excluding tert-OH is 2. The number of amidine groups is 1. The number of aliphatic hydroxyl groups is 2. The summed E-state index contributed by atoms with van der Waals surface area (Å²) in [6.45, 7) is 31.6. The summed E-state index contributed by atoms with van der Waals surface area (Å²) in [4.78, 5) is 119. The number of aryl methyl sites for hydroxylation is 6. The summed E-state index contributed by atoms with van der Waals surface area (Å²) in [5, 5.41) is 82.9. The third-order valence-corrected chi connectivity index (χ3v) is 24.1. The van der Waals surface area contributed by atoms with E-state index in [9.17, 15) is 53.4 Å². The van der Waals surface area contributed by atoms with E-state index in [1.54, 1.807) is 26.0 Å². The Morgan fingerprint density at radius 1 is 0.426 bits per heavy atom. The number of nitriles is 2. The molecular formula is C108H134N12O16. The van der Waals surface area contributed by atoms with Gasteiger partial charge in [-0.05, 0) is 223 Å². The van der Waals surface area contributed by atoms with Crippen molar-refractivity contribution in [3.8, 4) is 45.5 Å². The fourth-order valence-electron chi connectivity index (χ4n) is 16.3. The van der Waals surface area contributed by atoms with Gasteiger partial charge in [0.05, 0.1) is 59.1 Å². The van der Waals surface area contributed by atoms with Crippen molar-refractivity contribution in [1.82, 2.24) is 42.9 Å². The molecule has 1 heterocycles. The highest BCUT2D eigenvalue weighted by Gasteiger charge is 2.49. The number of nitrogens with zero attached hydrogens (tertiary/aromatic N) is 2. The van der Waals surface area contributed by atoms with Crippen LogP contribution in [0.1, 0.15) is 220 Å². The minimum Gasteiger partial charge on any atom is -0.432 e. The number of carbonyl (C=O) groups is 9. The molecule has 136 heavy (non-hydrogen) atoms. The van der Waals surface area contributed by atoms with Gasteiger partial charge < -0.3 is 62.8 Å². The van der Waals surface area contributed by atoms with E-state index in [1.165, 1.54) is 11.0 Å². The minimum absolute atomic E-state index is 0. The third-order valence-electron chi connectivity index (χ3n) is 24.1. The standard InChI is InChI=1S/C38H45N3O5.C35H45N5O5.C35H42N4O5.H2O/c1-24-22-26(18-21-30(24)29-19-16-27(23-39)17-20-29)12-11-15-31(32-36(44)46-38(6,7)45-32)34(42)41-33(37(3,4)5)35(43)40-25(2)28-13-9-8-10-14-28;1-21-20-23(14-19-27(21)25-15-17-26(18-16-25)31(36)37)10-9-13-28(29(41)33(43)40-45)32(42)39-30(35(3,4)5)34(44)38-22(2)24-11-7-6-8-12-24;1-22-20-24(16-19-28(22)27-17-14-25(21-36)15-18-27)10-9-13-29(30(40)33(42)39-44)32(41)38-31(35(3,4)5)34(43)37-23(2)26-11-7-6-8-12-26;/h8-10,13-14,16-22,25,31-33H,11-12,15H2,1-7H3,(H,40,43)(H,41,42);6-8,11-12,14-20,22,28-30,41,45H,9-10,13H2,1-5H3,(H3,36,37)(H,38,44)(H,39,42)(H,40,43);6-8,11-12,14-20,23,29-31,40,44H,9-10,13H2,1-5H3,(H,37,43)(H,38,41)(H,39,42);1H2/t25?,31-,32?,33-;22?,28-,29?,30-;23?,29-,30?,31-;/m111./s1. The highest BCUT2D eigenvalue weighted by Crippen LogP contribution is 2.36. The first kappa shape index (κ1) is 109. The first-order valence-electron chi connectivity index (χ1n) is 45.6. The molecule has 10 rings (SSSR count). The molecule has 12 atom stereocenters. The molecule has 0 saturated carbocycles. The first-order chi connectivity index (χ1) is 63.7. The molecule has 28 nitrogen and oxygen atoms in total. The molecule has 0 bridgehead atoms. The predicted octanol–water partition coefficient (Wildman–Crippen LogP) is 14.6. The van der Waals surface area contributed by atoms with Crippen molar-refractivity contribution in [2.24, 2.45) is 39.7 Å². The molecule has 1 fully saturated rings. The Kier molecular flexibility index (Phi) is 40.3. The van der Waals surface area contributed by atoms with Crippen LogP contribution in [0.15, 0.2) is 218 Å². The van der Waals surface area contributed by atoms with Crippen LogP contribution in [0.2, 0.25) is 0 Å². The van der Waals surface area contributed by atoms with Crippen molar-refractivity contribution in [3.05, 3.63) is 285 Å². The van der Waals surface area contributed by atoms with Crippen LogP contribution in [0.4, 0.5) is 0 Å². The number of hydrogen-bond acceptors (Lipinski definition) is 18. The number of esters is 1. The van der Waals surface area contributed by atoms with E-state index in [4.69, 9.17) is 41.6 Å². The molecule has 28 heteroatoms. The Labute approximate surface area is 798 Å². The van der Waals surface area contributed by atoms with Crippen molar-refractivity contribution in [3.63, 3.8) is 0 Å². The van der Waals surface area contributed by atoms with E-state index in [-0.39, 0.29) is 54.1 Å². The average molecular weight is 1860 g/mol. The number of cyclic esters (lactones) is 1. The second-order valence-corrected chi connectivity index (χ2v) is 38.4. The zero-order valence-electron chi connectivity index (χ0n) is 80.8. The highest BCUT2D eigenvalue weighted by atomic mass is 16.8. The number of nitrogens with two attached hydrogens (primary N) is 1. The summed E-state index contributed by atoms with van der Waals surface area (Å²) in [5.74, 6) is -9.99. The van der Waals surface area contributed by atoms with Crippen molar-refractivity contribution >= 4 is 59.1 Å². The number of carbonyl (C=O) groups excluding carboxylic acids is 9. The second-order valence-electron chi connectivity index (χ2n) is 38.4. The van der Waals surface area contributed by atoms with E-state index in [2.05, 4.69) is 62.2 Å². The van der Waals surface area contributed by atoms with Gasteiger partial charge in [-0.25, -0.2) is 15.8 Å². The van der Waals surface area contributed by atoms with Gasteiger partial charge in [0.2, 0.25) is 41.2 Å². The fourth-order valence-corrected chi connectivity index (χ4v) is 16.3. The topological polar surface area (TPSA) is 478 Å². The molecule has 8 amide bonds. The monoisotopic (exact) mass is 1860 g/mol. The molecule has 0 aromatic heterocycles. The molecule has 0 radical (unpaired) electrons. The molecule has 17 N–H and O–H groups in total. The SMILES string of the molecule is Cc1cc(CCC[C@@H](C(=O)N[C@H](C(=O)NC(C)c2ccccc2)C(C)(C)C)C(O)C(=O)NO)ccc1-c1ccc(C#N)cc1.Cc1cc(CCC[C@@H](C(=O)N[C@H](C(=O)NC(C)c2ccccc2)C(C)(C)C)C(O)C(=O)NO)ccc1-c1ccc(C(=N)N)cc1.Cc1cc(CCC[C@@H](C(=O)N[C@H](C(=O)NC(C)c2ccccc2)C(C)(C)C)C2OC(C)(C)OC2=O)ccc1-c1ccc(C#N)cc1.O. The number of nitrogen functional groups attached to an aromatic ring is 1. The zero-order chi connectivity index (χ0) is 99.4. The Bertz CT molecular complexity index is 5650. The number of hydrogen-bond donors (Lipinski definition) is 14. The molecule has 1 aliphatic rings. The van der Waals surface area contributed by atoms with Gasteiger partial charge in [0.1, 0.15) is 36.2 Å². The fraction of sp³-hybridized carbons (Fsp3) is 0.389. The van der Waals surface area contributed by atoms with Crippen LogP contribution in [-0.2, 0) is 71.9 Å². The Balaban J connectivity index is 0.000000277. The van der Waals surface area contributed by atoms with Crippen molar-refractivity contribution in [2.45, 2.75) is 236 Å². The Hall–Kier alpha value is -13.6. The Morgan fingerprint density at radius 3 is 0.985 bits per heavy atom. The number of ether oxygens (including phenoxy) is 2. The lowest BCUT2D eigenvalue weighted by atomic mass is 9.84. The second kappa shape index (κ2) is 50.1. The molecule has 1 saturated heterocycles. The lowest BCUT2D eigenvalue weighted by molar-refractivity contribution is -0.162. The number of nitrogens with one attached hydrogen (secondary N) is 9. The van der Waals surface area contributed by atoms with Crippen LogP contribution >= 0.6 is 0 Å². The Morgan fingerprint density at radius 2 is 0.721 bits per heavy atom. The number of hydroxylamine groups is 2. The van der Waals surface area contributed by atoms with E-state index >= 15 is 0 Å². The van der Waals surface area contributed by atoms with Gasteiger partial charge in [-0.15, -0.1) is 0 Å². The largest absolute Gasteiger partial charge is 0.432 e. The van der Waals surface area contributed by atoms with Crippen LogP contribution in [0.25, 0.3) is 33.4 Å². The molecule has 722 valence electrons. The molecule has 9 aromatic carbocycles. The van der Waals surface area contributed by atoms with Crippen LogP contribution in [0.3, 0.4) is 0 Å². The number of amides is 8. The maximum atomic E-state index is 13.9. The minimum atomic E-state index is -1.82. The molecule has 1 aliphatic heterocycles. The van der Waals surface area contributed by atoms with Gasteiger partial charge in [0.25, 0.3) is 11.8 Å². The molecular weight excluding hydrogens is 1720 g/mol. The molecule has 0 spiro atoms. The van der Waals surface area contributed by atoms with E-state index < -0.39 is 118 Å². The van der Waals surface area contributed by atoms with E-state index in [0.29, 0.717) is 61.6 Å². The van der Waals surface area contributed by atoms with Crippen molar-refractivity contribution in [1.29, 1.82) is 15.9 Å². The molecule has 0 aliphatic carbocycles. The van der Waals surface area contributed by atoms with Crippen LogP contribution in [0.5, 0.6) is 0 Å². The normalized spacial score (nSPS) is 15.1. The maximum Gasteiger partial charge on any atom is 0.338 e. The summed E-state index contributed by atoms with van der Waals surface area (Å²) >= 11 is 0. The van der Waals surface area contributed by atoms with Gasteiger partial charge in [0, 0.05) is 19.4 Å². The zero-order valence-corrected chi connectivity index (χ0v) is 80.8. The van der Waals surface area contributed by atoms with Gasteiger partial charge in [-0.1, -0.05) is 256 Å². The average Bonchev–Trinajstić information content (AvgIpc) is 1.65. The lowest BCUT2D eigenvalue weighted by Gasteiger charge is -2.33. The predicted molar refractivity (Wildman–Crippen MR) is 523 cm³/mol. The smallest absolute Gasteiger partial charge is 0.338 e. The van der Waals surface area contributed by atoms with Crippen molar-refractivity contribution in [2.75, 3.05) is 0 Å². The summed E-state index contributed by atoms with van der Waals surface area (Å²) in [5.41, 5.74) is 23.6. The van der Waals surface area contributed by atoms with Gasteiger partial charge in [0.15, 0.2) is 6.10 Å². The summed E-state index contributed by atoms with van der Waals surface area (Å²) in [6.07, 6.45) is -0.737. The summed E-state index contributed by atoms with van der Waals surface area (Å²) in [6, 6.07) is 69.8. The maximum absolute atomic E-state index is 13.9. The van der Waals surface area contributed by atoms with Gasteiger partial charge in [-0.3, -0.25) is 54.2 Å². The summed E-state index contributed by atoms with van der Waals surface area (Å²) in [7, 11) is 0. The molecule has 9 aromatic rings. The molecule has 6 unspecified atom stereocenters.